The van der Waals surface area contributed by atoms with E-state index in [1.807, 2.05) is 4.90 Å². The fraction of sp³-hybridized carbons (Fsp3) is 0.515. The Kier molecular flexibility index (Phi) is 8.27. The summed E-state index contributed by atoms with van der Waals surface area (Å²) >= 11 is 0. The van der Waals surface area contributed by atoms with Crippen molar-refractivity contribution >= 4 is 44.8 Å². The maximum absolute atomic E-state index is 15.3. The molecule has 4 heterocycles. The number of imide groups is 2. The number of fused-ring (bicyclic) bond motifs is 2. The van der Waals surface area contributed by atoms with Crippen molar-refractivity contribution in [2.75, 3.05) is 61.9 Å². The largest absolute Gasteiger partial charge is 0.385 e. The molecule has 0 radical (unpaired) electrons. The summed E-state index contributed by atoms with van der Waals surface area (Å²) in [5, 5.41) is 12.6. The number of anilines is 2. The Bertz CT molecular complexity index is 1820. The highest BCUT2D eigenvalue weighted by molar-refractivity contribution is 7.90. The molecule has 15 heteroatoms. The van der Waals surface area contributed by atoms with Gasteiger partial charge in [0.25, 0.3) is 11.8 Å². The van der Waals surface area contributed by atoms with E-state index in [4.69, 9.17) is 0 Å². The third kappa shape index (κ3) is 5.64. The highest BCUT2D eigenvalue weighted by atomic mass is 32.2. The molecule has 3 saturated heterocycles. The van der Waals surface area contributed by atoms with Crippen molar-refractivity contribution in [1.82, 2.24) is 15.1 Å². The Hall–Kier alpha value is -3.95. The van der Waals surface area contributed by atoms with Crippen molar-refractivity contribution in [2.24, 2.45) is 5.92 Å². The zero-order chi connectivity index (χ0) is 34.1. The van der Waals surface area contributed by atoms with Crippen LogP contribution in [0.4, 0.5) is 20.2 Å². The molecule has 0 saturated carbocycles. The third-order valence-electron chi connectivity index (χ3n) is 10.4. The lowest BCUT2D eigenvalue weighted by Gasteiger charge is -2.40. The van der Waals surface area contributed by atoms with Crippen LogP contribution in [0.25, 0.3) is 0 Å². The van der Waals surface area contributed by atoms with Gasteiger partial charge in [0.2, 0.25) is 11.8 Å². The topological polar surface area (TPSA) is 148 Å². The van der Waals surface area contributed by atoms with Gasteiger partial charge in [-0.15, -0.1) is 0 Å². The van der Waals surface area contributed by atoms with Crippen molar-refractivity contribution in [1.29, 1.82) is 0 Å². The van der Waals surface area contributed by atoms with E-state index in [0.717, 1.165) is 42.3 Å². The van der Waals surface area contributed by atoms with Gasteiger partial charge in [0.15, 0.2) is 9.84 Å². The van der Waals surface area contributed by atoms with E-state index in [0.29, 0.717) is 50.7 Å². The minimum Gasteiger partial charge on any atom is -0.385 e. The van der Waals surface area contributed by atoms with Gasteiger partial charge < -0.3 is 14.9 Å². The fourth-order valence-electron chi connectivity index (χ4n) is 7.89. The number of alkyl halides is 1. The summed E-state index contributed by atoms with van der Waals surface area (Å²) < 4.78 is 54.5. The van der Waals surface area contributed by atoms with E-state index in [9.17, 15) is 37.1 Å². The number of piperazine rings is 1. The molecule has 0 aromatic heterocycles. The number of amides is 4. The van der Waals surface area contributed by atoms with Crippen LogP contribution in [0.3, 0.4) is 0 Å². The Balaban J connectivity index is 0.960. The number of carbonyl (C=O) groups is 4. The molecule has 1 aliphatic carbocycles. The van der Waals surface area contributed by atoms with E-state index >= 15 is 4.39 Å². The SMILES string of the molecule is CS(=O)(=O)c1ccc(N2CCC(CN3CCN(c4cc5c(cc4F)C(=O)N(C4CCC(=O)NC4=O)C5=O)CC3)CC2)c2c1[C@H](O)[C@H](F)C2. The maximum atomic E-state index is 15.3. The van der Waals surface area contributed by atoms with Crippen LogP contribution in [0.5, 0.6) is 0 Å². The average molecular weight is 686 g/mol. The number of halogens is 2. The maximum Gasteiger partial charge on any atom is 0.262 e. The van der Waals surface area contributed by atoms with E-state index < -0.39 is 57.6 Å². The summed E-state index contributed by atoms with van der Waals surface area (Å²) in [7, 11) is -3.63. The molecule has 2 N–H and O–H groups in total. The summed E-state index contributed by atoms with van der Waals surface area (Å²) in [6.45, 7) is 4.64. The van der Waals surface area contributed by atoms with Gasteiger partial charge in [-0.05, 0) is 55.0 Å². The quantitative estimate of drug-likeness (QED) is 0.430. The first-order valence-electron chi connectivity index (χ1n) is 16.3. The minimum atomic E-state index is -3.63. The number of carbonyl (C=O) groups excluding carboxylic acids is 4. The lowest BCUT2D eigenvalue weighted by atomic mass is 9.94. The predicted molar refractivity (Wildman–Crippen MR) is 170 cm³/mol. The lowest BCUT2D eigenvalue weighted by Crippen LogP contribution is -2.54. The monoisotopic (exact) mass is 685 g/mol. The van der Waals surface area contributed by atoms with Crippen molar-refractivity contribution in [3.63, 3.8) is 0 Å². The second kappa shape index (κ2) is 12.2. The van der Waals surface area contributed by atoms with Crippen LogP contribution in [-0.2, 0) is 25.8 Å². The summed E-state index contributed by atoms with van der Waals surface area (Å²) in [4.78, 5) is 57.3. The Labute approximate surface area is 276 Å². The number of rotatable bonds is 6. The highest BCUT2D eigenvalue weighted by Gasteiger charge is 2.45. The first-order chi connectivity index (χ1) is 22.8. The molecule has 4 amide bonds. The van der Waals surface area contributed by atoms with Crippen LogP contribution < -0.4 is 15.1 Å². The van der Waals surface area contributed by atoms with Crippen molar-refractivity contribution in [2.45, 2.75) is 55.3 Å². The molecule has 7 rings (SSSR count). The molecule has 256 valence electrons. The molecule has 0 spiro atoms. The fourth-order valence-corrected chi connectivity index (χ4v) is 8.85. The highest BCUT2D eigenvalue weighted by Crippen LogP contribution is 2.43. The van der Waals surface area contributed by atoms with Gasteiger partial charge in [-0.2, -0.15) is 0 Å². The number of piperidine rings is 2. The van der Waals surface area contributed by atoms with Gasteiger partial charge in [-0.3, -0.25) is 34.3 Å². The van der Waals surface area contributed by atoms with Crippen molar-refractivity contribution in [3.8, 4) is 0 Å². The average Bonchev–Trinajstić information content (AvgIpc) is 3.47. The van der Waals surface area contributed by atoms with Crippen LogP contribution in [-0.4, -0.2) is 111 Å². The van der Waals surface area contributed by atoms with Crippen molar-refractivity contribution in [3.05, 3.63) is 52.3 Å². The first-order valence-corrected chi connectivity index (χ1v) is 18.2. The molecule has 2 aromatic rings. The van der Waals surface area contributed by atoms with Crippen LogP contribution in [0.2, 0.25) is 0 Å². The standard InChI is InChI=1S/C33H37F2N5O7S/c1-48(46,47)27-4-2-24(21-15-23(35)30(42)29(21)27)38-8-6-18(7-9-38)17-37-10-12-39(13-11-37)26-16-20-19(14-22(26)34)32(44)40(33(20)45)25-3-5-28(41)36-31(25)43/h2,4,14,16,18,23,25,30,42H,3,5-13,15,17H2,1H3,(H,36,41,43)/t23-,25?,30-/m1/s1. The number of aliphatic hydroxyl groups excluding tert-OH is 1. The number of hydrogen-bond donors (Lipinski definition) is 2. The number of benzene rings is 2. The Morgan fingerprint density at radius 1 is 0.896 bits per heavy atom. The molecule has 5 aliphatic rings. The molecule has 2 aromatic carbocycles. The van der Waals surface area contributed by atoms with Gasteiger partial charge in [-0.1, -0.05) is 0 Å². The number of nitrogens with zero attached hydrogens (tertiary/aromatic N) is 4. The number of hydrogen-bond acceptors (Lipinski definition) is 10. The molecular weight excluding hydrogens is 648 g/mol. The zero-order valence-electron chi connectivity index (χ0n) is 26.5. The van der Waals surface area contributed by atoms with E-state index in [-0.39, 0.29) is 46.5 Å². The third-order valence-corrected chi connectivity index (χ3v) is 11.6. The second-order valence-corrected chi connectivity index (χ2v) is 15.4. The van der Waals surface area contributed by atoms with Crippen LogP contribution in [0.15, 0.2) is 29.2 Å². The summed E-state index contributed by atoms with van der Waals surface area (Å²) in [6, 6.07) is 4.55. The molecular formula is C33H37F2N5O7S. The van der Waals surface area contributed by atoms with E-state index in [2.05, 4.69) is 15.1 Å². The molecule has 1 unspecified atom stereocenters. The lowest BCUT2D eigenvalue weighted by molar-refractivity contribution is -0.136. The Morgan fingerprint density at radius 3 is 2.19 bits per heavy atom. The molecule has 4 aliphatic heterocycles. The van der Waals surface area contributed by atoms with Crippen LogP contribution >= 0.6 is 0 Å². The van der Waals surface area contributed by atoms with Gasteiger partial charge in [0, 0.05) is 76.2 Å². The van der Waals surface area contributed by atoms with E-state index in [1.165, 1.54) is 12.1 Å². The van der Waals surface area contributed by atoms with Gasteiger partial charge in [0.1, 0.15) is 24.1 Å². The van der Waals surface area contributed by atoms with Crippen LogP contribution in [0, 0.1) is 11.7 Å². The molecule has 3 fully saturated rings. The minimum absolute atomic E-state index is 0.00152. The number of aliphatic hydroxyl groups is 1. The normalized spacial score (nSPS) is 25.5. The molecule has 48 heavy (non-hydrogen) atoms. The van der Waals surface area contributed by atoms with Crippen molar-refractivity contribution < 1.29 is 41.5 Å². The summed E-state index contributed by atoms with van der Waals surface area (Å²) in [6.07, 6.45) is -0.172. The number of nitrogens with one attached hydrogen (secondary N) is 1. The molecule has 3 atom stereocenters. The predicted octanol–water partition coefficient (Wildman–Crippen LogP) is 1.60. The Morgan fingerprint density at radius 2 is 1.54 bits per heavy atom. The number of sulfone groups is 1. The van der Waals surface area contributed by atoms with Gasteiger partial charge in [0.05, 0.1) is 21.7 Å². The zero-order valence-corrected chi connectivity index (χ0v) is 27.3. The van der Waals surface area contributed by atoms with E-state index in [1.54, 1.807) is 6.07 Å². The van der Waals surface area contributed by atoms with Gasteiger partial charge >= 0.3 is 0 Å². The molecule has 12 nitrogen and oxygen atoms in total. The smallest absolute Gasteiger partial charge is 0.262 e. The summed E-state index contributed by atoms with van der Waals surface area (Å²) in [5.74, 6) is -2.83. The molecule has 0 bridgehead atoms. The van der Waals surface area contributed by atoms with Crippen LogP contribution in [0.1, 0.15) is 63.6 Å². The van der Waals surface area contributed by atoms with Gasteiger partial charge in [-0.25, -0.2) is 17.2 Å². The second-order valence-electron chi connectivity index (χ2n) is 13.4. The summed E-state index contributed by atoms with van der Waals surface area (Å²) in [5.41, 5.74) is 1.71. The first kappa shape index (κ1) is 32.6.